The number of hydrogen-bond donors (Lipinski definition) is 1. The summed E-state index contributed by atoms with van der Waals surface area (Å²) < 4.78 is 5.79. The van der Waals surface area contributed by atoms with Gasteiger partial charge in [-0.05, 0) is 25.2 Å². The maximum atomic E-state index is 12.7. The van der Waals surface area contributed by atoms with Crippen LogP contribution >= 0.6 is 22.7 Å². The summed E-state index contributed by atoms with van der Waals surface area (Å²) in [4.78, 5) is 22.7. The van der Waals surface area contributed by atoms with Crippen LogP contribution in [0.3, 0.4) is 0 Å². The number of para-hydroxylation sites is 1. The number of thiazole rings is 1. The van der Waals surface area contributed by atoms with Crippen LogP contribution in [-0.2, 0) is 19.6 Å². The third-order valence-corrected chi connectivity index (χ3v) is 6.90. The highest BCUT2D eigenvalue weighted by molar-refractivity contribution is 7.18. The third kappa shape index (κ3) is 2.72. The van der Waals surface area contributed by atoms with E-state index in [0.29, 0.717) is 16.6 Å². The number of thiophene rings is 1. The van der Waals surface area contributed by atoms with Crippen LogP contribution in [0.4, 0.5) is 5.13 Å². The van der Waals surface area contributed by atoms with Gasteiger partial charge in [0.25, 0.3) is 5.91 Å². The van der Waals surface area contributed by atoms with Gasteiger partial charge in [-0.25, -0.2) is 4.98 Å². The van der Waals surface area contributed by atoms with Crippen LogP contribution in [0.15, 0.2) is 30.3 Å². The standard InChI is InChI=1S/C19H17N3O2S2/c1-22-7-6-13-16(9-22)26-19(20-13)21-18(23)15-8-11-10-24-14-5-3-2-4-12(14)17(11)25-15/h2-5,8H,6-7,9-10H2,1H3,(H,20,21,23). The zero-order chi connectivity index (χ0) is 17.7. The van der Waals surface area contributed by atoms with E-state index in [0.717, 1.165) is 47.0 Å². The smallest absolute Gasteiger partial charge is 0.267 e. The molecule has 0 unspecified atom stereocenters. The summed E-state index contributed by atoms with van der Waals surface area (Å²) in [7, 11) is 2.11. The van der Waals surface area contributed by atoms with Gasteiger partial charge < -0.3 is 9.64 Å². The molecule has 0 saturated carbocycles. The van der Waals surface area contributed by atoms with Crippen molar-refractivity contribution in [2.24, 2.45) is 0 Å². The van der Waals surface area contributed by atoms with Gasteiger partial charge >= 0.3 is 0 Å². The molecule has 4 heterocycles. The lowest BCUT2D eigenvalue weighted by atomic mass is 10.1. The Bertz CT molecular complexity index is 1010. The highest BCUT2D eigenvalue weighted by Gasteiger charge is 2.24. The van der Waals surface area contributed by atoms with Crippen LogP contribution in [-0.4, -0.2) is 29.4 Å². The van der Waals surface area contributed by atoms with E-state index in [1.165, 1.54) is 16.2 Å². The number of fused-ring (bicyclic) bond motifs is 4. The number of nitrogens with zero attached hydrogens (tertiary/aromatic N) is 2. The molecule has 1 amide bonds. The Kier molecular flexibility index (Phi) is 3.81. The first-order chi connectivity index (χ1) is 12.7. The Morgan fingerprint density at radius 3 is 3.12 bits per heavy atom. The van der Waals surface area contributed by atoms with Gasteiger partial charge in [-0.15, -0.1) is 22.7 Å². The monoisotopic (exact) mass is 383 g/mol. The fourth-order valence-electron chi connectivity index (χ4n) is 3.35. The Morgan fingerprint density at radius 1 is 1.31 bits per heavy atom. The molecule has 0 fully saturated rings. The summed E-state index contributed by atoms with van der Waals surface area (Å²) in [5.41, 5.74) is 3.25. The summed E-state index contributed by atoms with van der Waals surface area (Å²) in [5.74, 6) is 0.784. The maximum Gasteiger partial charge on any atom is 0.267 e. The van der Waals surface area contributed by atoms with Crippen molar-refractivity contribution in [2.45, 2.75) is 19.6 Å². The molecule has 1 N–H and O–H groups in total. The molecule has 132 valence electrons. The number of nitrogens with one attached hydrogen (secondary N) is 1. The van der Waals surface area contributed by atoms with Crippen molar-refractivity contribution in [3.63, 3.8) is 0 Å². The number of aromatic nitrogens is 1. The number of carbonyl (C=O) groups is 1. The number of hydrogen-bond acceptors (Lipinski definition) is 6. The average Bonchev–Trinajstić information content (AvgIpc) is 3.24. The lowest BCUT2D eigenvalue weighted by Crippen LogP contribution is -2.25. The first-order valence-electron chi connectivity index (χ1n) is 8.51. The molecule has 2 aliphatic heterocycles. The molecule has 0 radical (unpaired) electrons. The van der Waals surface area contributed by atoms with Crippen LogP contribution in [0, 0.1) is 0 Å². The number of anilines is 1. The highest BCUT2D eigenvalue weighted by atomic mass is 32.1. The molecule has 5 rings (SSSR count). The molecule has 1 aromatic carbocycles. The van der Waals surface area contributed by atoms with Gasteiger partial charge in [0.15, 0.2) is 5.13 Å². The lowest BCUT2D eigenvalue weighted by molar-refractivity contribution is 0.103. The van der Waals surface area contributed by atoms with Crippen LogP contribution in [0.5, 0.6) is 5.75 Å². The number of amides is 1. The number of benzene rings is 1. The van der Waals surface area contributed by atoms with Gasteiger partial charge in [-0.2, -0.15) is 0 Å². The van der Waals surface area contributed by atoms with Crippen LogP contribution in [0.25, 0.3) is 10.4 Å². The Balaban J connectivity index is 1.40. The van der Waals surface area contributed by atoms with Gasteiger partial charge in [0.2, 0.25) is 0 Å². The summed E-state index contributed by atoms with van der Waals surface area (Å²) in [6.45, 7) is 2.43. The average molecular weight is 383 g/mol. The molecule has 0 spiro atoms. The molecule has 2 aromatic heterocycles. The van der Waals surface area contributed by atoms with E-state index < -0.39 is 0 Å². The SMILES string of the molecule is CN1CCc2nc(NC(=O)c3cc4c(s3)-c3ccccc3OC4)sc2C1. The lowest BCUT2D eigenvalue weighted by Gasteiger charge is -2.20. The Morgan fingerprint density at radius 2 is 2.19 bits per heavy atom. The molecule has 5 nitrogen and oxygen atoms in total. The largest absolute Gasteiger partial charge is 0.488 e. The van der Waals surface area contributed by atoms with E-state index in [9.17, 15) is 4.79 Å². The van der Waals surface area contributed by atoms with Crippen molar-refractivity contribution in [3.8, 4) is 16.2 Å². The second-order valence-corrected chi connectivity index (χ2v) is 8.72. The Hall–Kier alpha value is -2.22. The minimum atomic E-state index is -0.0960. The van der Waals surface area contributed by atoms with E-state index in [2.05, 4.69) is 22.2 Å². The van der Waals surface area contributed by atoms with Crippen molar-refractivity contribution in [2.75, 3.05) is 18.9 Å². The molecular weight excluding hydrogens is 366 g/mol. The fourth-order valence-corrected chi connectivity index (χ4v) is 5.52. The van der Waals surface area contributed by atoms with E-state index in [4.69, 9.17) is 4.74 Å². The molecule has 0 saturated heterocycles. The first kappa shape index (κ1) is 16.0. The minimum absolute atomic E-state index is 0.0960. The summed E-state index contributed by atoms with van der Waals surface area (Å²) >= 11 is 3.10. The van der Waals surface area contributed by atoms with Gasteiger partial charge in [0.05, 0.1) is 10.6 Å². The van der Waals surface area contributed by atoms with E-state index in [-0.39, 0.29) is 5.91 Å². The summed E-state index contributed by atoms with van der Waals surface area (Å²) in [6, 6.07) is 9.90. The van der Waals surface area contributed by atoms with Gasteiger partial charge in [0, 0.05) is 40.4 Å². The molecule has 0 bridgehead atoms. The van der Waals surface area contributed by atoms with Crippen LogP contribution < -0.4 is 10.1 Å². The quantitative estimate of drug-likeness (QED) is 0.727. The molecule has 3 aromatic rings. The van der Waals surface area contributed by atoms with Gasteiger partial charge in [0.1, 0.15) is 12.4 Å². The van der Waals surface area contributed by atoms with Crippen molar-refractivity contribution in [1.29, 1.82) is 0 Å². The van der Waals surface area contributed by atoms with Gasteiger partial charge in [-0.3, -0.25) is 10.1 Å². The number of rotatable bonds is 2. The number of likely N-dealkylation sites (N-methyl/N-ethyl adjacent to an activating group) is 1. The second-order valence-electron chi connectivity index (χ2n) is 6.58. The predicted octanol–water partition coefficient (Wildman–Crippen LogP) is 4.00. The molecule has 2 aliphatic rings. The van der Waals surface area contributed by atoms with E-state index >= 15 is 0 Å². The zero-order valence-electron chi connectivity index (χ0n) is 14.2. The summed E-state index contributed by atoms with van der Waals surface area (Å²) in [5, 5.41) is 3.68. The van der Waals surface area contributed by atoms with Crippen molar-refractivity contribution < 1.29 is 9.53 Å². The van der Waals surface area contributed by atoms with Crippen molar-refractivity contribution in [3.05, 3.63) is 51.3 Å². The molecule has 0 aliphatic carbocycles. The normalized spacial score (nSPS) is 15.6. The van der Waals surface area contributed by atoms with Crippen molar-refractivity contribution in [1.82, 2.24) is 9.88 Å². The number of ether oxygens (including phenoxy) is 1. The minimum Gasteiger partial charge on any atom is -0.488 e. The van der Waals surface area contributed by atoms with E-state index in [1.54, 1.807) is 11.3 Å². The second kappa shape index (κ2) is 6.19. The van der Waals surface area contributed by atoms with Crippen molar-refractivity contribution >= 4 is 33.7 Å². The molecule has 0 atom stereocenters. The molecular formula is C19H17N3O2S2. The highest BCUT2D eigenvalue weighted by Crippen LogP contribution is 2.42. The topological polar surface area (TPSA) is 54.5 Å². The summed E-state index contributed by atoms with van der Waals surface area (Å²) in [6.07, 6.45) is 0.944. The Labute approximate surface area is 159 Å². The maximum absolute atomic E-state index is 12.7. The first-order valence-corrected chi connectivity index (χ1v) is 10.1. The van der Waals surface area contributed by atoms with Gasteiger partial charge in [-0.1, -0.05) is 12.1 Å². The van der Waals surface area contributed by atoms with Crippen LogP contribution in [0.1, 0.15) is 25.8 Å². The fraction of sp³-hybridized carbons (Fsp3) is 0.263. The van der Waals surface area contributed by atoms with Crippen LogP contribution in [0.2, 0.25) is 0 Å². The molecule has 7 heteroatoms. The number of carbonyl (C=O) groups excluding carboxylic acids is 1. The molecule has 26 heavy (non-hydrogen) atoms. The third-order valence-electron chi connectivity index (χ3n) is 4.69. The predicted molar refractivity (Wildman–Crippen MR) is 104 cm³/mol. The van der Waals surface area contributed by atoms with E-state index in [1.807, 2.05) is 30.3 Å². The zero-order valence-corrected chi connectivity index (χ0v) is 15.9.